The number of rotatable bonds is 7. The van der Waals surface area contributed by atoms with Crippen molar-refractivity contribution in [3.8, 4) is 0 Å². The van der Waals surface area contributed by atoms with Crippen molar-refractivity contribution in [1.82, 2.24) is 0 Å². The molecule has 2 nitrogen and oxygen atoms in total. The minimum atomic E-state index is 1.12. The van der Waals surface area contributed by atoms with Gasteiger partial charge >= 0.3 is 0 Å². The van der Waals surface area contributed by atoms with Crippen LogP contribution in [-0.2, 0) is 0 Å². The summed E-state index contributed by atoms with van der Waals surface area (Å²) in [6, 6.07) is 10.6. The minimum absolute atomic E-state index is 1.12. The van der Waals surface area contributed by atoms with Gasteiger partial charge in [-0.15, -0.1) is 0 Å². The Kier molecular flexibility index (Phi) is 5.49. The second-order valence-corrected chi connectivity index (χ2v) is 4.77. The molecule has 0 fully saturated rings. The number of para-hydroxylation sites is 1. The average Bonchev–Trinajstić information content (AvgIpc) is 2.41. The molecule has 0 aromatic heterocycles. The van der Waals surface area contributed by atoms with Gasteiger partial charge in [-0.1, -0.05) is 18.2 Å². The number of likely N-dealkylation sites (N-methyl/N-ethyl adjacent to an activating group) is 2. The third-order valence-corrected chi connectivity index (χ3v) is 4.12. The van der Waals surface area contributed by atoms with Gasteiger partial charge in [-0.25, -0.2) is 0 Å². The number of hydrogen-bond donors (Lipinski definition) is 0. The first-order valence-corrected chi connectivity index (χ1v) is 6.78. The van der Waals surface area contributed by atoms with E-state index in [1.54, 1.807) is 0 Å². The van der Waals surface area contributed by atoms with Crippen molar-refractivity contribution in [3.63, 3.8) is 0 Å². The van der Waals surface area contributed by atoms with E-state index in [2.05, 4.69) is 63.1 Å². The molecule has 96 valence electrons. The first-order chi connectivity index (χ1) is 8.17. The predicted octanol–water partition coefficient (Wildman–Crippen LogP) is 3.00. The molecule has 0 amide bonds. The monoisotopic (exact) mass is 235 g/mol. The molecule has 0 aliphatic carbocycles. The van der Waals surface area contributed by atoms with Crippen LogP contribution in [0.3, 0.4) is 0 Å². The van der Waals surface area contributed by atoms with Crippen molar-refractivity contribution >= 4 is 5.69 Å². The zero-order valence-electron chi connectivity index (χ0n) is 11.8. The fourth-order valence-electron chi connectivity index (χ4n) is 2.32. The zero-order chi connectivity index (χ0) is 12.7. The Morgan fingerprint density at radius 1 is 0.941 bits per heavy atom. The predicted molar refractivity (Wildman–Crippen MR) is 76.5 cm³/mol. The Balaban J connectivity index is 2.55. The molecule has 0 aliphatic rings. The van der Waals surface area contributed by atoms with Crippen molar-refractivity contribution in [2.45, 2.75) is 20.8 Å². The van der Waals surface area contributed by atoms with Crippen molar-refractivity contribution in [1.29, 1.82) is 0 Å². The van der Waals surface area contributed by atoms with E-state index in [4.69, 9.17) is 0 Å². The molecule has 17 heavy (non-hydrogen) atoms. The van der Waals surface area contributed by atoms with Crippen molar-refractivity contribution < 1.29 is 4.48 Å². The summed E-state index contributed by atoms with van der Waals surface area (Å²) in [5.74, 6) is 0. The quantitative estimate of drug-likeness (QED) is 0.657. The largest absolute Gasteiger partial charge is 0.369 e. The molecular weight excluding hydrogens is 208 g/mol. The molecule has 0 saturated heterocycles. The van der Waals surface area contributed by atoms with Crippen LogP contribution < -0.4 is 4.90 Å². The smallest absolute Gasteiger partial charge is 0.0964 e. The molecule has 0 radical (unpaired) electrons. The molecule has 1 aromatic rings. The lowest BCUT2D eigenvalue weighted by atomic mass is 10.2. The van der Waals surface area contributed by atoms with E-state index in [-0.39, 0.29) is 0 Å². The van der Waals surface area contributed by atoms with Gasteiger partial charge in [0.05, 0.1) is 32.7 Å². The first-order valence-electron chi connectivity index (χ1n) is 6.78. The van der Waals surface area contributed by atoms with E-state index in [9.17, 15) is 0 Å². The van der Waals surface area contributed by atoms with Gasteiger partial charge in [-0.3, -0.25) is 0 Å². The number of quaternary nitrogens is 1. The Bertz CT molecular complexity index is 296. The summed E-state index contributed by atoms with van der Waals surface area (Å²) in [4.78, 5) is 2.36. The molecule has 0 saturated carbocycles. The Morgan fingerprint density at radius 3 is 1.94 bits per heavy atom. The van der Waals surface area contributed by atoms with Crippen LogP contribution in [0.2, 0.25) is 0 Å². The number of hydrogen-bond acceptors (Lipinski definition) is 1. The molecule has 0 bridgehead atoms. The van der Waals surface area contributed by atoms with Crippen LogP contribution in [0.15, 0.2) is 30.3 Å². The van der Waals surface area contributed by atoms with Gasteiger partial charge < -0.3 is 9.38 Å². The molecule has 0 atom stereocenters. The fraction of sp³-hybridized carbons (Fsp3) is 0.600. The van der Waals surface area contributed by atoms with Crippen LogP contribution in [-0.4, -0.2) is 44.3 Å². The third kappa shape index (κ3) is 3.74. The Labute approximate surface area is 106 Å². The van der Waals surface area contributed by atoms with Gasteiger partial charge in [0.25, 0.3) is 0 Å². The maximum Gasteiger partial charge on any atom is 0.0964 e. The Hall–Kier alpha value is -1.02. The lowest BCUT2D eigenvalue weighted by Crippen LogP contribution is -2.51. The molecule has 0 unspecified atom stereocenters. The molecular formula is C15H27N2+. The van der Waals surface area contributed by atoms with Gasteiger partial charge in [0.15, 0.2) is 0 Å². The number of anilines is 1. The highest BCUT2D eigenvalue weighted by molar-refractivity contribution is 5.44. The van der Waals surface area contributed by atoms with Crippen molar-refractivity contribution in [2.24, 2.45) is 0 Å². The van der Waals surface area contributed by atoms with Crippen LogP contribution in [0.25, 0.3) is 0 Å². The second-order valence-electron chi connectivity index (χ2n) is 4.77. The van der Waals surface area contributed by atoms with E-state index in [1.165, 1.54) is 36.3 Å². The minimum Gasteiger partial charge on any atom is -0.369 e. The van der Waals surface area contributed by atoms with Gasteiger partial charge in [-0.05, 0) is 32.9 Å². The summed E-state index contributed by atoms with van der Waals surface area (Å²) in [5.41, 5.74) is 1.31. The summed E-state index contributed by atoms with van der Waals surface area (Å²) < 4.78 is 1.22. The molecule has 0 N–H and O–H groups in total. The number of benzene rings is 1. The summed E-state index contributed by atoms with van der Waals surface area (Å²) in [6.07, 6.45) is 0. The molecule has 0 heterocycles. The van der Waals surface area contributed by atoms with Crippen LogP contribution >= 0.6 is 0 Å². The molecule has 0 aliphatic heterocycles. The van der Waals surface area contributed by atoms with Crippen LogP contribution in [0.4, 0.5) is 5.69 Å². The topological polar surface area (TPSA) is 3.24 Å². The molecule has 1 rings (SSSR count). The van der Waals surface area contributed by atoms with Crippen LogP contribution in [0.1, 0.15) is 20.8 Å². The first kappa shape index (κ1) is 14.0. The maximum absolute atomic E-state index is 2.36. The SMILES string of the molecule is CC[N+](CC)(CC)CCN(C)c1ccccc1. The Morgan fingerprint density at radius 2 is 1.47 bits per heavy atom. The zero-order valence-corrected chi connectivity index (χ0v) is 11.8. The lowest BCUT2D eigenvalue weighted by Gasteiger charge is -2.37. The second kappa shape index (κ2) is 6.65. The normalized spacial score (nSPS) is 11.5. The highest BCUT2D eigenvalue weighted by Gasteiger charge is 2.20. The van der Waals surface area contributed by atoms with Crippen LogP contribution in [0, 0.1) is 0 Å². The van der Waals surface area contributed by atoms with E-state index in [1.807, 2.05) is 0 Å². The fourth-order valence-corrected chi connectivity index (χ4v) is 2.32. The van der Waals surface area contributed by atoms with Gasteiger partial charge in [0.2, 0.25) is 0 Å². The van der Waals surface area contributed by atoms with E-state index in [0.717, 1.165) is 6.54 Å². The highest BCUT2D eigenvalue weighted by atomic mass is 15.4. The summed E-state index contributed by atoms with van der Waals surface area (Å²) in [6.45, 7) is 13.0. The van der Waals surface area contributed by atoms with E-state index < -0.39 is 0 Å². The maximum atomic E-state index is 2.36. The average molecular weight is 235 g/mol. The molecule has 1 aromatic carbocycles. The van der Waals surface area contributed by atoms with E-state index >= 15 is 0 Å². The lowest BCUT2D eigenvalue weighted by molar-refractivity contribution is -0.921. The number of nitrogens with zero attached hydrogens (tertiary/aromatic N) is 2. The van der Waals surface area contributed by atoms with Gasteiger partial charge in [-0.2, -0.15) is 0 Å². The van der Waals surface area contributed by atoms with Gasteiger partial charge in [0, 0.05) is 12.7 Å². The summed E-state index contributed by atoms with van der Waals surface area (Å²) in [7, 11) is 2.19. The van der Waals surface area contributed by atoms with Gasteiger partial charge in [0.1, 0.15) is 0 Å². The van der Waals surface area contributed by atoms with Crippen molar-refractivity contribution in [3.05, 3.63) is 30.3 Å². The highest BCUT2D eigenvalue weighted by Crippen LogP contribution is 2.12. The summed E-state index contributed by atoms with van der Waals surface area (Å²) in [5, 5.41) is 0. The standard InChI is InChI=1S/C15H27N2/c1-5-17(6-2,7-3)14-13-16(4)15-11-9-8-10-12-15/h8-12H,5-7,13-14H2,1-4H3/q+1. The van der Waals surface area contributed by atoms with Crippen LogP contribution in [0.5, 0.6) is 0 Å². The van der Waals surface area contributed by atoms with Crippen molar-refractivity contribution in [2.75, 3.05) is 44.7 Å². The summed E-state index contributed by atoms with van der Waals surface area (Å²) >= 11 is 0. The molecule has 0 spiro atoms. The van der Waals surface area contributed by atoms with E-state index in [0.29, 0.717) is 0 Å². The third-order valence-electron chi connectivity index (χ3n) is 4.12. The molecule has 2 heteroatoms.